The van der Waals surface area contributed by atoms with Gasteiger partial charge < -0.3 is 14.6 Å². The number of imidazole rings is 1. The van der Waals surface area contributed by atoms with Crippen LogP contribution in [0.25, 0.3) is 11.0 Å². The molecule has 0 spiro atoms. The van der Waals surface area contributed by atoms with E-state index in [1.165, 1.54) is 5.52 Å². The molecule has 0 bridgehead atoms. The molecule has 3 aromatic rings. The minimum Gasteiger partial charge on any atom is -0.496 e. The molecule has 146 valence electrons. The zero-order chi connectivity index (χ0) is 19.5. The Labute approximate surface area is 165 Å². The lowest BCUT2D eigenvalue weighted by Crippen LogP contribution is -2.33. The van der Waals surface area contributed by atoms with Gasteiger partial charge >= 0.3 is 0 Å². The fraction of sp³-hybridized carbons (Fsp3) is 0.364. The summed E-state index contributed by atoms with van der Waals surface area (Å²) in [6, 6.07) is 14.1. The summed E-state index contributed by atoms with van der Waals surface area (Å²) in [6.45, 7) is 5.42. The highest BCUT2D eigenvalue weighted by Gasteiger charge is 2.21. The second-order valence-corrected chi connectivity index (χ2v) is 7.20. The van der Waals surface area contributed by atoms with Crippen molar-refractivity contribution in [2.45, 2.75) is 39.4 Å². The summed E-state index contributed by atoms with van der Waals surface area (Å²) in [6.07, 6.45) is 1.37. The van der Waals surface area contributed by atoms with E-state index in [1.807, 2.05) is 31.2 Å². The van der Waals surface area contributed by atoms with Crippen LogP contribution in [0.5, 0.6) is 5.75 Å². The third kappa shape index (κ3) is 3.73. The van der Waals surface area contributed by atoms with E-state index >= 15 is 0 Å². The van der Waals surface area contributed by atoms with Gasteiger partial charge in [0, 0.05) is 37.3 Å². The van der Waals surface area contributed by atoms with Crippen LogP contribution in [-0.4, -0.2) is 34.0 Å². The van der Waals surface area contributed by atoms with E-state index in [1.54, 1.807) is 7.11 Å². The van der Waals surface area contributed by atoms with Gasteiger partial charge in [0.05, 0.1) is 24.7 Å². The first-order valence-electron chi connectivity index (χ1n) is 9.81. The van der Waals surface area contributed by atoms with Gasteiger partial charge in [-0.2, -0.15) is 0 Å². The molecule has 1 aromatic heterocycles. The number of para-hydroxylation sites is 2. The third-order valence-electron chi connectivity index (χ3n) is 5.17. The lowest BCUT2D eigenvalue weighted by atomic mass is 10.1. The SMILES string of the molecule is CCCC(=O)Nc1ccc(OC)c(CN2CCn3c(nc4ccccc43)C2)c1. The number of nitrogens with zero attached hydrogens (tertiary/aromatic N) is 3. The molecule has 6 nitrogen and oxygen atoms in total. The maximum Gasteiger partial charge on any atom is 0.224 e. The van der Waals surface area contributed by atoms with Crippen molar-refractivity contribution in [1.29, 1.82) is 0 Å². The van der Waals surface area contributed by atoms with Crippen molar-refractivity contribution in [2.24, 2.45) is 0 Å². The van der Waals surface area contributed by atoms with Gasteiger partial charge in [-0.1, -0.05) is 19.1 Å². The Morgan fingerprint density at radius 3 is 2.89 bits per heavy atom. The molecule has 1 aliphatic rings. The quantitative estimate of drug-likeness (QED) is 0.709. The number of amides is 1. The number of anilines is 1. The first-order chi connectivity index (χ1) is 13.7. The molecule has 0 aliphatic carbocycles. The average Bonchev–Trinajstić information content (AvgIpc) is 3.06. The molecule has 0 atom stereocenters. The molecule has 28 heavy (non-hydrogen) atoms. The number of carbonyl (C=O) groups excluding carboxylic acids is 1. The lowest BCUT2D eigenvalue weighted by Gasteiger charge is -2.28. The van der Waals surface area contributed by atoms with Crippen LogP contribution in [0.3, 0.4) is 0 Å². The molecule has 0 unspecified atom stereocenters. The number of hydrogen-bond donors (Lipinski definition) is 1. The summed E-state index contributed by atoms with van der Waals surface area (Å²) in [5, 5.41) is 2.98. The van der Waals surface area contributed by atoms with Crippen LogP contribution in [0.1, 0.15) is 31.2 Å². The topological polar surface area (TPSA) is 59.4 Å². The Bertz CT molecular complexity index is 995. The number of rotatable bonds is 6. The molecule has 0 saturated carbocycles. The van der Waals surface area contributed by atoms with E-state index in [0.717, 1.165) is 60.9 Å². The molecule has 0 saturated heterocycles. The fourth-order valence-corrected chi connectivity index (χ4v) is 3.82. The van der Waals surface area contributed by atoms with Crippen LogP contribution in [0.2, 0.25) is 0 Å². The summed E-state index contributed by atoms with van der Waals surface area (Å²) in [7, 11) is 1.68. The number of fused-ring (bicyclic) bond motifs is 3. The molecule has 1 amide bonds. The van der Waals surface area contributed by atoms with Crippen LogP contribution >= 0.6 is 0 Å². The third-order valence-corrected chi connectivity index (χ3v) is 5.17. The first kappa shape index (κ1) is 18.5. The van der Waals surface area contributed by atoms with E-state index in [2.05, 4.69) is 33.0 Å². The molecule has 2 heterocycles. The van der Waals surface area contributed by atoms with E-state index in [0.29, 0.717) is 6.42 Å². The van der Waals surface area contributed by atoms with Crippen molar-refractivity contribution < 1.29 is 9.53 Å². The predicted molar refractivity (Wildman–Crippen MR) is 110 cm³/mol. The normalized spacial score (nSPS) is 14.1. The molecular weight excluding hydrogens is 352 g/mol. The minimum atomic E-state index is 0.0466. The summed E-state index contributed by atoms with van der Waals surface area (Å²) in [5.74, 6) is 1.98. The molecule has 1 aliphatic heterocycles. The Kier molecular flexibility index (Phi) is 5.30. The zero-order valence-corrected chi connectivity index (χ0v) is 16.4. The predicted octanol–water partition coefficient (Wildman–Crippen LogP) is 3.80. The number of aromatic nitrogens is 2. The van der Waals surface area contributed by atoms with E-state index in [9.17, 15) is 4.79 Å². The van der Waals surface area contributed by atoms with Crippen molar-refractivity contribution in [2.75, 3.05) is 19.0 Å². The van der Waals surface area contributed by atoms with Crippen LogP contribution < -0.4 is 10.1 Å². The monoisotopic (exact) mass is 378 g/mol. The van der Waals surface area contributed by atoms with Gasteiger partial charge in [0.1, 0.15) is 11.6 Å². The molecule has 0 fully saturated rings. The van der Waals surface area contributed by atoms with Crippen LogP contribution in [0.4, 0.5) is 5.69 Å². The highest BCUT2D eigenvalue weighted by molar-refractivity contribution is 5.90. The smallest absolute Gasteiger partial charge is 0.224 e. The van der Waals surface area contributed by atoms with Crippen LogP contribution in [-0.2, 0) is 24.4 Å². The van der Waals surface area contributed by atoms with Crippen molar-refractivity contribution in [1.82, 2.24) is 14.5 Å². The van der Waals surface area contributed by atoms with Gasteiger partial charge in [0.2, 0.25) is 5.91 Å². The summed E-state index contributed by atoms with van der Waals surface area (Å²) >= 11 is 0. The van der Waals surface area contributed by atoms with Gasteiger partial charge in [0.15, 0.2) is 0 Å². The maximum atomic E-state index is 11.9. The molecular formula is C22H26N4O2. The summed E-state index contributed by atoms with van der Waals surface area (Å²) in [5.41, 5.74) is 4.15. The van der Waals surface area contributed by atoms with Gasteiger partial charge in [-0.3, -0.25) is 9.69 Å². The largest absolute Gasteiger partial charge is 0.496 e. The van der Waals surface area contributed by atoms with E-state index in [-0.39, 0.29) is 5.91 Å². The van der Waals surface area contributed by atoms with Gasteiger partial charge in [-0.05, 0) is 36.8 Å². The second kappa shape index (κ2) is 8.02. The Morgan fingerprint density at radius 2 is 2.07 bits per heavy atom. The average molecular weight is 378 g/mol. The standard InChI is InChI=1S/C22H26N4O2/c1-3-6-22(27)23-17-9-10-20(28-2)16(13-17)14-25-11-12-26-19-8-5-4-7-18(19)24-21(26)15-25/h4-5,7-10,13H,3,6,11-12,14-15H2,1-2H3,(H,23,27). The lowest BCUT2D eigenvalue weighted by molar-refractivity contribution is -0.116. The Hall–Kier alpha value is -2.86. The number of hydrogen-bond acceptors (Lipinski definition) is 4. The molecule has 1 N–H and O–H groups in total. The summed E-state index contributed by atoms with van der Waals surface area (Å²) < 4.78 is 7.86. The van der Waals surface area contributed by atoms with Crippen LogP contribution in [0, 0.1) is 0 Å². The number of nitrogens with one attached hydrogen (secondary N) is 1. The van der Waals surface area contributed by atoms with Crippen molar-refractivity contribution in [3.63, 3.8) is 0 Å². The van der Waals surface area contributed by atoms with E-state index in [4.69, 9.17) is 9.72 Å². The molecule has 6 heteroatoms. The van der Waals surface area contributed by atoms with E-state index < -0.39 is 0 Å². The Balaban J connectivity index is 1.52. The van der Waals surface area contributed by atoms with Crippen LogP contribution in [0.15, 0.2) is 42.5 Å². The Morgan fingerprint density at radius 1 is 1.21 bits per heavy atom. The summed E-state index contributed by atoms with van der Waals surface area (Å²) in [4.78, 5) is 19.1. The molecule has 4 rings (SSSR count). The molecule has 0 radical (unpaired) electrons. The van der Waals surface area contributed by atoms with Gasteiger partial charge in [-0.15, -0.1) is 0 Å². The van der Waals surface area contributed by atoms with Crippen molar-refractivity contribution in [3.05, 3.63) is 53.9 Å². The fourth-order valence-electron chi connectivity index (χ4n) is 3.82. The van der Waals surface area contributed by atoms with Gasteiger partial charge in [-0.25, -0.2) is 4.98 Å². The maximum absolute atomic E-state index is 11.9. The number of ether oxygens (including phenoxy) is 1. The zero-order valence-electron chi connectivity index (χ0n) is 16.4. The number of carbonyl (C=O) groups is 1. The van der Waals surface area contributed by atoms with Crippen molar-refractivity contribution in [3.8, 4) is 5.75 Å². The van der Waals surface area contributed by atoms with Gasteiger partial charge in [0.25, 0.3) is 0 Å². The molecule has 2 aromatic carbocycles. The minimum absolute atomic E-state index is 0.0466. The highest BCUT2D eigenvalue weighted by Crippen LogP contribution is 2.27. The number of methoxy groups -OCH3 is 1. The first-order valence-corrected chi connectivity index (χ1v) is 9.81. The number of benzene rings is 2. The highest BCUT2D eigenvalue weighted by atomic mass is 16.5. The van der Waals surface area contributed by atoms with Crippen molar-refractivity contribution >= 4 is 22.6 Å². The second-order valence-electron chi connectivity index (χ2n) is 7.20.